The molecule has 1 fully saturated rings. The summed E-state index contributed by atoms with van der Waals surface area (Å²) in [5.74, 6) is -1.93. The second-order valence-electron chi connectivity index (χ2n) is 4.92. The predicted molar refractivity (Wildman–Crippen MR) is 87.5 cm³/mol. The Morgan fingerprint density at radius 1 is 1.13 bits per heavy atom. The molecular weight excluding hydrogens is 410 g/mol. The van der Waals surface area contributed by atoms with E-state index in [9.17, 15) is 13.0 Å². The third-order valence-electron chi connectivity index (χ3n) is 3.10. The van der Waals surface area contributed by atoms with Crippen molar-refractivity contribution >= 4 is 52.5 Å². The Labute approximate surface area is 149 Å². The van der Waals surface area contributed by atoms with E-state index < -0.39 is 39.6 Å². The number of benzene rings is 1. The zero-order valence-electron chi connectivity index (χ0n) is 12.1. The summed E-state index contributed by atoms with van der Waals surface area (Å²) in [5.41, 5.74) is 0. The molecule has 0 radical (unpaired) electrons. The topological polar surface area (TPSA) is 78.9 Å². The van der Waals surface area contributed by atoms with Gasteiger partial charge in [-0.15, -0.1) is 0 Å². The molecule has 130 valence electrons. The molecule has 1 aromatic rings. The van der Waals surface area contributed by atoms with Gasteiger partial charge in [-0.2, -0.15) is 8.42 Å². The van der Waals surface area contributed by atoms with Gasteiger partial charge < -0.3 is 9.05 Å². The quantitative estimate of drug-likeness (QED) is 0.412. The van der Waals surface area contributed by atoms with E-state index in [1.54, 1.807) is 19.9 Å². The fourth-order valence-electron chi connectivity index (χ4n) is 1.82. The molecule has 0 N–H and O–H groups in total. The van der Waals surface area contributed by atoms with Gasteiger partial charge in [-0.25, -0.2) is 4.18 Å². The molecule has 0 bridgehead atoms. The Kier molecular flexibility index (Phi) is 5.76. The van der Waals surface area contributed by atoms with E-state index in [0.717, 1.165) is 0 Å². The third-order valence-corrected chi connectivity index (χ3v) is 7.91. The van der Waals surface area contributed by atoms with Crippen LogP contribution >= 0.6 is 42.4 Å². The molecule has 1 saturated heterocycles. The monoisotopic (exact) mass is 422 g/mol. The summed E-state index contributed by atoms with van der Waals surface area (Å²) in [6.45, 7) is 3.21. The van der Waals surface area contributed by atoms with Crippen molar-refractivity contribution in [3.05, 3.63) is 30.3 Å². The highest BCUT2D eigenvalue weighted by Gasteiger charge is 2.57. The number of hydrogen-bond donors (Lipinski definition) is 0. The first-order valence-corrected chi connectivity index (χ1v) is 10.6. The zero-order chi connectivity index (χ0) is 17.5. The maximum absolute atomic E-state index is 12.8. The van der Waals surface area contributed by atoms with Gasteiger partial charge in [0.25, 0.3) is 10.1 Å². The third kappa shape index (κ3) is 4.41. The van der Waals surface area contributed by atoms with E-state index in [-0.39, 0.29) is 4.90 Å². The highest BCUT2D eigenvalue weighted by molar-refractivity contribution is 7.87. The maximum atomic E-state index is 12.8. The minimum absolute atomic E-state index is 0.175. The van der Waals surface area contributed by atoms with Crippen molar-refractivity contribution in [2.45, 2.75) is 40.6 Å². The molecule has 3 unspecified atom stereocenters. The van der Waals surface area contributed by atoms with E-state index in [2.05, 4.69) is 0 Å². The van der Waals surface area contributed by atoms with Crippen LogP contribution in [0.3, 0.4) is 0 Å². The number of halogens is 3. The minimum atomic E-state index is -4.34. The van der Waals surface area contributed by atoms with E-state index in [1.165, 1.54) is 24.3 Å². The van der Waals surface area contributed by atoms with Crippen molar-refractivity contribution in [2.24, 2.45) is 0 Å². The minimum Gasteiger partial charge on any atom is -0.301 e. The van der Waals surface area contributed by atoms with Crippen molar-refractivity contribution in [1.82, 2.24) is 0 Å². The molecule has 0 aliphatic carbocycles. The lowest BCUT2D eigenvalue weighted by molar-refractivity contribution is 0.187. The first-order valence-electron chi connectivity index (χ1n) is 6.47. The molecule has 1 aromatic carbocycles. The van der Waals surface area contributed by atoms with Crippen molar-refractivity contribution in [3.63, 3.8) is 0 Å². The molecule has 11 heteroatoms. The lowest BCUT2D eigenvalue weighted by atomic mass is 10.3. The molecule has 0 saturated carbocycles. The maximum Gasteiger partial charge on any atom is 0.365 e. The van der Waals surface area contributed by atoms with Gasteiger partial charge in [0.1, 0.15) is 0 Å². The Hall–Kier alpha value is 0.150. The van der Waals surface area contributed by atoms with Gasteiger partial charge in [0.2, 0.25) is 9.64 Å². The molecule has 6 nitrogen and oxygen atoms in total. The van der Waals surface area contributed by atoms with Gasteiger partial charge >= 0.3 is 7.60 Å². The summed E-state index contributed by atoms with van der Waals surface area (Å²) in [6, 6.07) is 7.20. The summed E-state index contributed by atoms with van der Waals surface area (Å²) in [7, 11) is -8.47. The van der Waals surface area contributed by atoms with Gasteiger partial charge in [0.15, 0.2) is 0 Å². The van der Waals surface area contributed by atoms with Crippen molar-refractivity contribution < 1.29 is 26.2 Å². The van der Waals surface area contributed by atoms with Crippen LogP contribution < -0.4 is 0 Å². The standard InChI is InChI=1S/C12H14Cl3O6PS/c1-8-9(2)20-22(16,19-8)11(12(13,14)15)21-23(17,18)10-6-4-3-5-7-10/h3-9,11H,1-2H3. The molecule has 0 spiro atoms. The zero-order valence-corrected chi connectivity index (χ0v) is 16.0. The van der Waals surface area contributed by atoms with Crippen molar-refractivity contribution in [3.8, 4) is 0 Å². The summed E-state index contributed by atoms with van der Waals surface area (Å²) >= 11 is 17.3. The molecule has 23 heavy (non-hydrogen) atoms. The van der Waals surface area contributed by atoms with Crippen molar-refractivity contribution in [2.75, 3.05) is 0 Å². The summed E-state index contributed by atoms with van der Waals surface area (Å²) in [5, 5.41) is 0. The van der Waals surface area contributed by atoms with Gasteiger partial charge in [-0.1, -0.05) is 53.0 Å². The lowest BCUT2D eigenvalue weighted by Gasteiger charge is -2.27. The van der Waals surface area contributed by atoms with Crippen LogP contribution in [-0.4, -0.2) is 30.3 Å². The molecule has 2 rings (SSSR count). The molecule has 1 aliphatic rings. The van der Waals surface area contributed by atoms with Crippen LogP contribution in [0.25, 0.3) is 0 Å². The first-order chi connectivity index (χ1) is 10.5. The van der Waals surface area contributed by atoms with Crippen LogP contribution in [0, 0.1) is 0 Å². The summed E-state index contributed by atoms with van der Waals surface area (Å²) < 4.78 is 50.5. The Bertz CT molecular complexity index is 691. The highest BCUT2D eigenvalue weighted by Crippen LogP contribution is 2.65. The van der Waals surface area contributed by atoms with Crippen LogP contribution in [0.4, 0.5) is 0 Å². The van der Waals surface area contributed by atoms with Gasteiger partial charge in [0, 0.05) is 0 Å². The molecule has 0 amide bonds. The Balaban J connectivity index is 2.37. The largest absolute Gasteiger partial charge is 0.365 e. The van der Waals surface area contributed by atoms with Gasteiger partial charge in [-0.05, 0) is 26.0 Å². The van der Waals surface area contributed by atoms with E-state index >= 15 is 0 Å². The molecule has 0 aromatic heterocycles. The average molecular weight is 424 g/mol. The van der Waals surface area contributed by atoms with E-state index in [0.29, 0.717) is 0 Å². The van der Waals surface area contributed by atoms with Crippen LogP contribution in [0.15, 0.2) is 35.2 Å². The second kappa shape index (κ2) is 6.81. The summed E-state index contributed by atoms with van der Waals surface area (Å²) in [4.78, 5) is -0.175. The number of alkyl halides is 3. The van der Waals surface area contributed by atoms with Gasteiger partial charge in [-0.3, -0.25) is 4.57 Å². The molecule has 1 aliphatic heterocycles. The summed E-state index contributed by atoms with van der Waals surface area (Å²) in [6.07, 6.45) is -1.14. The molecule has 3 atom stereocenters. The second-order valence-corrected chi connectivity index (χ2v) is 10.8. The SMILES string of the molecule is CC1OP(=O)(C(OS(=O)(=O)c2ccccc2)C(Cl)(Cl)Cl)OC1C. The van der Waals surface area contributed by atoms with Crippen LogP contribution in [0.2, 0.25) is 0 Å². The lowest BCUT2D eigenvalue weighted by Crippen LogP contribution is -2.31. The van der Waals surface area contributed by atoms with Crippen LogP contribution in [0.1, 0.15) is 13.8 Å². The van der Waals surface area contributed by atoms with E-state index in [4.69, 9.17) is 48.0 Å². The fraction of sp³-hybridized carbons (Fsp3) is 0.500. The predicted octanol–water partition coefficient (Wildman–Crippen LogP) is 4.11. The van der Waals surface area contributed by atoms with E-state index in [1.807, 2.05) is 0 Å². The first kappa shape index (κ1) is 19.5. The number of hydrogen-bond acceptors (Lipinski definition) is 6. The van der Waals surface area contributed by atoms with Crippen LogP contribution in [-0.2, 0) is 27.9 Å². The van der Waals surface area contributed by atoms with Crippen LogP contribution in [0.5, 0.6) is 0 Å². The molecule has 1 heterocycles. The smallest absolute Gasteiger partial charge is 0.301 e. The highest BCUT2D eigenvalue weighted by atomic mass is 35.6. The Morgan fingerprint density at radius 3 is 2.04 bits per heavy atom. The average Bonchev–Trinajstić information content (AvgIpc) is 2.70. The van der Waals surface area contributed by atoms with Gasteiger partial charge in [0.05, 0.1) is 17.1 Å². The number of rotatable bonds is 4. The van der Waals surface area contributed by atoms with Crippen molar-refractivity contribution in [1.29, 1.82) is 0 Å². The molecular formula is C12H14Cl3O6PS. The Morgan fingerprint density at radius 2 is 1.61 bits per heavy atom. The normalized spacial score (nSPS) is 30.3. The fourth-order valence-corrected chi connectivity index (χ4v) is 6.83.